The van der Waals surface area contributed by atoms with Gasteiger partial charge in [0.2, 0.25) is 5.91 Å². The van der Waals surface area contributed by atoms with Crippen molar-refractivity contribution >= 4 is 51.8 Å². The van der Waals surface area contributed by atoms with Gasteiger partial charge in [0.15, 0.2) is 11.8 Å². The fourth-order valence-corrected chi connectivity index (χ4v) is 2.94. The van der Waals surface area contributed by atoms with E-state index in [1.54, 1.807) is 24.3 Å². The molecular weight excluding hydrogens is 419 g/mol. The Morgan fingerprint density at radius 1 is 1.26 bits per heavy atom. The van der Waals surface area contributed by atoms with Crippen LogP contribution in [0.15, 0.2) is 34.7 Å². The van der Waals surface area contributed by atoms with Crippen LogP contribution in [0.4, 0.5) is 5.69 Å². The van der Waals surface area contributed by atoms with Gasteiger partial charge in [-0.25, -0.2) is 9.69 Å². The zero-order valence-electron chi connectivity index (χ0n) is 11.7. The number of amides is 2. The predicted octanol–water partition coefficient (Wildman–Crippen LogP) is 0.675. The van der Waals surface area contributed by atoms with Crippen LogP contribution >= 0.6 is 22.6 Å². The summed E-state index contributed by atoms with van der Waals surface area (Å²) in [6.45, 7) is 0. The molecule has 0 spiro atoms. The van der Waals surface area contributed by atoms with Crippen LogP contribution in [-0.4, -0.2) is 41.8 Å². The summed E-state index contributed by atoms with van der Waals surface area (Å²) in [4.78, 5) is 48.7. The molecule has 2 atom stereocenters. The maximum absolute atomic E-state index is 12.6. The zero-order valence-corrected chi connectivity index (χ0v) is 13.8. The molecule has 0 unspecified atom stereocenters. The maximum Gasteiger partial charge on any atom is 0.355 e. The number of carbonyl (C=O) groups excluding carboxylic acids is 3. The van der Waals surface area contributed by atoms with E-state index in [-0.39, 0.29) is 5.71 Å². The SMILES string of the molecule is COC(=O)C1=NN(N=O)[C@@H]2C(=O)N(c3ccc(I)cc3)C(=O)[C@@H]12. The summed E-state index contributed by atoms with van der Waals surface area (Å²) < 4.78 is 5.48. The predicted molar refractivity (Wildman–Crippen MR) is 86.0 cm³/mol. The third-order valence-corrected chi connectivity index (χ3v) is 4.31. The molecule has 0 N–H and O–H groups in total. The number of nitrogens with zero attached hydrogens (tertiary/aromatic N) is 4. The fourth-order valence-electron chi connectivity index (χ4n) is 2.58. The van der Waals surface area contributed by atoms with Gasteiger partial charge in [-0.3, -0.25) is 9.59 Å². The monoisotopic (exact) mass is 428 g/mol. The van der Waals surface area contributed by atoms with Crippen molar-refractivity contribution in [1.82, 2.24) is 5.12 Å². The number of hydrogen-bond acceptors (Lipinski definition) is 7. The lowest BCUT2D eigenvalue weighted by atomic mass is 9.98. The Labute approximate surface area is 143 Å². The van der Waals surface area contributed by atoms with Gasteiger partial charge in [-0.2, -0.15) is 0 Å². The van der Waals surface area contributed by atoms with Crippen LogP contribution in [-0.2, 0) is 19.1 Å². The first kappa shape index (κ1) is 15.5. The quantitative estimate of drug-likeness (QED) is 0.303. The number of esters is 1. The summed E-state index contributed by atoms with van der Waals surface area (Å²) in [7, 11) is 1.12. The van der Waals surface area contributed by atoms with Gasteiger partial charge in [0, 0.05) is 3.57 Å². The molecule has 2 aliphatic rings. The summed E-state index contributed by atoms with van der Waals surface area (Å²) >= 11 is 2.09. The normalized spacial score (nSPS) is 23.0. The van der Waals surface area contributed by atoms with Crippen LogP contribution in [0.25, 0.3) is 0 Å². The molecule has 118 valence electrons. The largest absolute Gasteiger partial charge is 0.464 e. The second kappa shape index (κ2) is 5.68. The lowest BCUT2D eigenvalue weighted by Crippen LogP contribution is -2.36. The molecule has 2 amide bonds. The molecule has 2 heterocycles. The number of imide groups is 1. The first-order chi connectivity index (χ1) is 11.0. The molecule has 0 aliphatic carbocycles. The van der Waals surface area contributed by atoms with Gasteiger partial charge < -0.3 is 4.74 Å². The first-order valence-corrected chi connectivity index (χ1v) is 7.50. The molecule has 1 saturated heterocycles. The number of methoxy groups -OCH3 is 1. The Kier molecular flexibility index (Phi) is 3.83. The van der Waals surface area contributed by atoms with E-state index in [9.17, 15) is 19.3 Å². The lowest BCUT2D eigenvalue weighted by molar-refractivity contribution is -0.133. The van der Waals surface area contributed by atoms with Crippen molar-refractivity contribution in [2.75, 3.05) is 12.0 Å². The number of carbonyl (C=O) groups is 3. The number of ether oxygens (including phenoxy) is 1. The first-order valence-electron chi connectivity index (χ1n) is 6.42. The van der Waals surface area contributed by atoms with Crippen LogP contribution in [0.5, 0.6) is 0 Å². The van der Waals surface area contributed by atoms with Crippen LogP contribution in [0.1, 0.15) is 0 Å². The lowest BCUT2D eigenvalue weighted by Gasteiger charge is -2.16. The minimum absolute atomic E-state index is 0.302. The number of hydrogen-bond donors (Lipinski definition) is 0. The van der Waals surface area contributed by atoms with Gasteiger partial charge >= 0.3 is 5.97 Å². The third-order valence-electron chi connectivity index (χ3n) is 3.59. The number of nitroso groups, excluding NO2 is 1. The summed E-state index contributed by atoms with van der Waals surface area (Å²) in [5.41, 5.74) is 0.0494. The molecule has 1 aromatic rings. The smallest absolute Gasteiger partial charge is 0.355 e. The van der Waals surface area contributed by atoms with Crippen molar-refractivity contribution in [3.63, 3.8) is 0 Å². The van der Waals surface area contributed by atoms with E-state index in [0.29, 0.717) is 10.8 Å². The van der Waals surface area contributed by atoms with E-state index in [2.05, 4.69) is 37.7 Å². The van der Waals surface area contributed by atoms with Gasteiger partial charge in [-0.05, 0) is 46.9 Å². The van der Waals surface area contributed by atoms with Crippen molar-refractivity contribution in [3.05, 3.63) is 32.7 Å². The zero-order chi connectivity index (χ0) is 16.7. The van der Waals surface area contributed by atoms with E-state index in [1.807, 2.05) is 0 Å². The number of benzene rings is 1. The fraction of sp³-hybridized carbons (Fsp3) is 0.231. The molecule has 0 radical (unpaired) electrons. The minimum Gasteiger partial charge on any atom is -0.464 e. The average molecular weight is 428 g/mol. The number of anilines is 1. The van der Waals surface area contributed by atoms with Gasteiger partial charge in [-0.1, -0.05) is 0 Å². The van der Waals surface area contributed by atoms with Crippen molar-refractivity contribution in [2.24, 2.45) is 16.3 Å². The number of rotatable bonds is 3. The van der Waals surface area contributed by atoms with E-state index in [0.717, 1.165) is 15.6 Å². The molecular formula is C13H9IN4O5. The van der Waals surface area contributed by atoms with E-state index in [4.69, 9.17) is 0 Å². The topological polar surface area (TPSA) is 109 Å². The van der Waals surface area contributed by atoms with E-state index < -0.39 is 29.7 Å². The van der Waals surface area contributed by atoms with Gasteiger partial charge in [0.25, 0.3) is 5.91 Å². The minimum atomic E-state index is -1.26. The van der Waals surface area contributed by atoms with Crippen LogP contribution in [0, 0.1) is 14.4 Å². The highest BCUT2D eigenvalue weighted by Crippen LogP contribution is 2.35. The van der Waals surface area contributed by atoms with Crippen LogP contribution in [0.3, 0.4) is 0 Å². The summed E-state index contributed by atoms with van der Waals surface area (Å²) in [6.07, 6.45) is 0. The van der Waals surface area contributed by atoms with Gasteiger partial charge in [-0.15, -0.1) is 15.1 Å². The van der Waals surface area contributed by atoms with Gasteiger partial charge in [0.1, 0.15) is 5.92 Å². The molecule has 3 rings (SSSR count). The molecule has 0 bridgehead atoms. The molecule has 0 aromatic heterocycles. The Hall–Kier alpha value is -2.37. The molecule has 2 aliphatic heterocycles. The Morgan fingerprint density at radius 3 is 2.48 bits per heavy atom. The van der Waals surface area contributed by atoms with Crippen molar-refractivity contribution in [2.45, 2.75) is 6.04 Å². The van der Waals surface area contributed by atoms with Crippen LogP contribution < -0.4 is 4.90 Å². The van der Waals surface area contributed by atoms with Gasteiger partial charge in [0.05, 0.1) is 18.1 Å². The Bertz CT molecular complexity index is 747. The molecule has 23 heavy (non-hydrogen) atoms. The second-order valence-corrected chi connectivity index (χ2v) is 6.04. The van der Waals surface area contributed by atoms with Crippen molar-refractivity contribution in [3.8, 4) is 0 Å². The van der Waals surface area contributed by atoms with Crippen molar-refractivity contribution < 1.29 is 19.1 Å². The third kappa shape index (κ3) is 2.29. The molecule has 0 saturated carbocycles. The molecule has 1 aromatic carbocycles. The Morgan fingerprint density at radius 2 is 1.91 bits per heavy atom. The molecule has 1 fully saturated rings. The van der Waals surface area contributed by atoms with E-state index in [1.165, 1.54) is 0 Å². The van der Waals surface area contributed by atoms with E-state index >= 15 is 0 Å². The average Bonchev–Trinajstić information content (AvgIpc) is 3.05. The Balaban J connectivity index is 2.03. The van der Waals surface area contributed by atoms with Crippen molar-refractivity contribution in [1.29, 1.82) is 0 Å². The number of fused-ring (bicyclic) bond motifs is 1. The standard InChI is InChI=1S/C13H9IN4O5/c1-23-13(21)9-8-10(18(15-9)16-22)12(20)17(11(8)19)7-4-2-6(14)3-5-7/h2-5,8,10H,1H3/t8-,10-/m0/s1. The second-order valence-electron chi connectivity index (χ2n) is 4.79. The summed E-state index contributed by atoms with van der Waals surface area (Å²) in [5.74, 6) is -3.39. The summed E-state index contributed by atoms with van der Waals surface area (Å²) in [6, 6.07) is 5.41. The number of hydrazone groups is 1. The highest BCUT2D eigenvalue weighted by atomic mass is 127. The maximum atomic E-state index is 12.6. The molecule has 10 heteroatoms. The highest BCUT2D eigenvalue weighted by Gasteiger charge is 2.59. The molecule has 9 nitrogen and oxygen atoms in total. The van der Waals surface area contributed by atoms with Crippen LogP contribution in [0.2, 0.25) is 0 Å². The highest BCUT2D eigenvalue weighted by molar-refractivity contribution is 14.1. The number of halogens is 1. The summed E-state index contributed by atoms with van der Waals surface area (Å²) in [5, 5.41) is 6.79.